The summed E-state index contributed by atoms with van der Waals surface area (Å²) < 4.78 is 7.48. The molecule has 0 saturated heterocycles. The average molecular weight is 350 g/mol. The molecule has 3 rings (SSSR count). The van der Waals surface area contributed by atoms with E-state index in [-0.39, 0.29) is 12.5 Å². The SMILES string of the molecule is Cc1cc(C)c(OCC(=O)Nc2nc(-c3ccccn3)cn2C)c(C)c1. The lowest BCUT2D eigenvalue weighted by molar-refractivity contribution is -0.118. The molecule has 2 heterocycles. The quantitative estimate of drug-likeness (QED) is 0.765. The van der Waals surface area contributed by atoms with Crippen molar-refractivity contribution in [2.24, 2.45) is 7.05 Å². The number of amides is 1. The maximum Gasteiger partial charge on any atom is 0.264 e. The third-order valence-corrected chi connectivity index (χ3v) is 4.01. The van der Waals surface area contributed by atoms with Crippen LogP contribution in [0.5, 0.6) is 5.75 Å². The van der Waals surface area contributed by atoms with Crippen LogP contribution in [-0.4, -0.2) is 27.0 Å². The topological polar surface area (TPSA) is 69.0 Å². The van der Waals surface area contributed by atoms with Crippen molar-refractivity contribution in [3.05, 3.63) is 59.4 Å². The molecule has 0 fully saturated rings. The number of rotatable bonds is 5. The van der Waals surface area contributed by atoms with Crippen molar-refractivity contribution < 1.29 is 9.53 Å². The van der Waals surface area contributed by atoms with Crippen LogP contribution in [0.3, 0.4) is 0 Å². The number of nitrogens with one attached hydrogen (secondary N) is 1. The summed E-state index contributed by atoms with van der Waals surface area (Å²) in [4.78, 5) is 21.0. The Labute approximate surface area is 152 Å². The van der Waals surface area contributed by atoms with Crippen molar-refractivity contribution in [3.8, 4) is 17.1 Å². The van der Waals surface area contributed by atoms with Crippen LogP contribution in [0.15, 0.2) is 42.7 Å². The minimum atomic E-state index is -0.259. The van der Waals surface area contributed by atoms with E-state index < -0.39 is 0 Å². The van der Waals surface area contributed by atoms with Gasteiger partial charge < -0.3 is 9.30 Å². The van der Waals surface area contributed by atoms with E-state index in [9.17, 15) is 4.79 Å². The summed E-state index contributed by atoms with van der Waals surface area (Å²) in [7, 11) is 1.82. The zero-order valence-electron chi connectivity index (χ0n) is 15.4. The Balaban J connectivity index is 1.67. The fraction of sp³-hybridized carbons (Fsp3) is 0.250. The summed E-state index contributed by atoms with van der Waals surface area (Å²) in [6.07, 6.45) is 3.54. The molecule has 134 valence electrons. The van der Waals surface area contributed by atoms with E-state index in [1.807, 2.05) is 64.3 Å². The number of ether oxygens (including phenoxy) is 1. The average Bonchev–Trinajstić information content (AvgIpc) is 2.95. The first-order valence-electron chi connectivity index (χ1n) is 8.39. The molecule has 0 aliphatic heterocycles. The zero-order valence-corrected chi connectivity index (χ0v) is 15.4. The molecule has 6 nitrogen and oxygen atoms in total. The molecule has 26 heavy (non-hydrogen) atoms. The Kier molecular flexibility index (Phi) is 5.02. The fourth-order valence-electron chi connectivity index (χ4n) is 2.91. The predicted octanol–water partition coefficient (Wildman–Crippen LogP) is 3.42. The predicted molar refractivity (Wildman–Crippen MR) is 101 cm³/mol. The second kappa shape index (κ2) is 7.39. The van der Waals surface area contributed by atoms with Crippen LogP contribution in [0.1, 0.15) is 16.7 Å². The number of carbonyl (C=O) groups excluding carboxylic acids is 1. The molecule has 0 unspecified atom stereocenters. The standard InChI is InChI=1S/C20H22N4O2/c1-13-9-14(2)19(15(3)10-13)26-12-18(25)23-20-22-17(11-24(20)4)16-7-5-6-8-21-16/h5-11H,12H2,1-4H3,(H,22,23,25). The molecule has 2 aromatic heterocycles. The molecule has 1 aromatic carbocycles. The van der Waals surface area contributed by atoms with Gasteiger partial charge in [-0.1, -0.05) is 23.8 Å². The van der Waals surface area contributed by atoms with Crippen LogP contribution >= 0.6 is 0 Å². The summed E-state index contributed by atoms with van der Waals surface area (Å²) in [6, 6.07) is 9.70. The number of aromatic nitrogens is 3. The molecule has 0 aliphatic carbocycles. The van der Waals surface area contributed by atoms with Crippen LogP contribution in [0.25, 0.3) is 11.4 Å². The maximum absolute atomic E-state index is 12.3. The van der Waals surface area contributed by atoms with Gasteiger partial charge in [0.05, 0.1) is 5.69 Å². The molecule has 0 spiro atoms. The van der Waals surface area contributed by atoms with Gasteiger partial charge in [0.2, 0.25) is 5.95 Å². The van der Waals surface area contributed by atoms with Gasteiger partial charge in [-0.15, -0.1) is 0 Å². The van der Waals surface area contributed by atoms with Gasteiger partial charge >= 0.3 is 0 Å². The summed E-state index contributed by atoms with van der Waals surface area (Å²) in [5.41, 5.74) is 4.67. The number of hydrogen-bond donors (Lipinski definition) is 1. The number of carbonyl (C=O) groups is 1. The molecule has 3 aromatic rings. The number of hydrogen-bond acceptors (Lipinski definition) is 4. The number of aryl methyl sites for hydroxylation is 4. The van der Waals surface area contributed by atoms with Gasteiger partial charge in [-0.2, -0.15) is 0 Å². The van der Waals surface area contributed by atoms with E-state index in [1.54, 1.807) is 10.8 Å². The second-order valence-corrected chi connectivity index (χ2v) is 6.34. The lowest BCUT2D eigenvalue weighted by Gasteiger charge is -2.13. The second-order valence-electron chi connectivity index (χ2n) is 6.34. The summed E-state index contributed by atoms with van der Waals surface area (Å²) in [6.45, 7) is 5.92. The van der Waals surface area contributed by atoms with Crippen LogP contribution in [0.2, 0.25) is 0 Å². The molecule has 0 aliphatic rings. The summed E-state index contributed by atoms with van der Waals surface area (Å²) >= 11 is 0. The van der Waals surface area contributed by atoms with Crippen LogP contribution in [-0.2, 0) is 11.8 Å². The molecule has 0 radical (unpaired) electrons. The fourth-order valence-corrected chi connectivity index (χ4v) is 2.91. The highest BCUT2D eigenvalue weighted by Gasteiger charge is 2.13. The van der Waals surface area contributed by atoms with Crippen molar-refractivity contribution in [2.75, 3.05) is 11.9 Å². The third-order valence-electron chi connectivity index (χ3n) is 4.01. The number of pyridine rings is 1. The van der Waals surface area contributed by atoms with Gasteiger partial charge in [0.25, 0.3) is 5.91 Å². The zero-order chi connectivity index (χ0) is 18.7. The van der Waals surface area contributed by atoms with Crippen molar-refractivity contribution in [3.63, 3.8) is 0 Å². The lowest BCUT2D eigenvalue weighted by Crippen LogP contribution is -2.22. The largest absolute Gasteiger partial charge is 0.483 e. The monoisotopic (exact) mass is 350 g/mol. The van der Waals surface area contributed by atoms with Gasteiger partial charge in [0, 0.05) is 19.4 Å². The van der Waals surface area contributed by atoms with E-state index in [0.29, 0.717) is 11.6 Å². The van der Waals surface area contributed by atoms with Crippen molar-refractivity contribution in [1.82, 2.24) is 14.5 Å². The Morgan fingerprint density at radius 1 is 1.15 bits per heavy atom. The van der Waals surface area contributed by atoms with Crippen molar-refractivity contribution in [1.29, 1.82) is 0 Å². The van der Waals surface area contributed by atoms with Gasteiger partial charge in [0.15, 0.2) is 6.61 Å². The first-order valence-corrected chi connectivity index (χ1v) is 8.39. The van der Waals surface area contributed by atoms with Gasteiger partial charge in [-0.3, -0.25) is 15.1 Å². The molecule has 0 saturated carbocycles. The minimum Gasteiger partial charge on any atom is -0.483 e. The van der Waals surface area contributed by atoms with Crippen LogP contribution in [0, 0.1) is 20.8 Å². The summed E-state index contributed by atoms with van der Waals surface area (Å²) in [5.74, 6) is 0.946. The first-order chi connectivity index (χ1) is 12.4. The van der Waals surface area contributed by atoms with Gasteiger partial charge in [-0.05, 0) is 44.0 Å². The Hall–Kier alpha value is -3.15. The maximum atomic E-state index is 12.3. The van der Waals surface area contributed by atoms with E-state index in [0.717, 1.165) is 22.6 Å². The number of imidazole rings is 1. The Morgan fingerprint density at radius 2 is 1.88 bits per heavy atom. The molecular formula is C20H22N4O2. The third kappa shape index (κ3) is 3.91. The van der Waals surface area contributed by atoms with E-state index in [4.69, 9.17) is 4.74 Å². The molecule has 1 amide bonds. The minimum absolute atomic E-state index is 0.0729. The van der Waals surface area contributed by atoms with Gasteiger partial charge in [0.1, 0.15) is 11.4 Å². The van der Waals surface area contributed by atoms with Crippen LogP contribution < -0.4 is 10.1 Å². The molecule has 6 heteroatoms. The van der Waals surface area contributed by atoms with E-state index >= 15 is 0 Å². The first kappa shape index (κ1) is 17.7. The van der Waals surface area contributed by atoms with Crippen LogP contribution in [0.4, 0.5) is 5.95 Å². The van der Waals surface area contributed by atoms with E-state index in [2.05, 4.69) is 15.3 Å². The normalized spacial score (nSPS) is 10.6. The molecule has 0 bridgehead atoms. The number of anilines is 1. The number of nitrogens with zero attached hydrogens (tertiary/aromatic N) is 3. The Morgan fingerprint density at radius 3 is 2.54 bits per heavy atom. The lowest BCUT2D eigenvalue weighted by atomic mass is 10.1. The van der Waals surface area contributed by atoms with Crippen molar-refractivity contribution in [2.45, 2.75) is 20.8 Å². The molecular weight excluding hydrogens is 328 g/mol. The number of benzene rings is 1. The summed E-state index contributed by atoms with van der Waals surface area (Å²) in [5, 5.41) is 2.78. The molecule has 1 N–H and O–H groups in total. The highest BCUT2D eigenvalue weighted by Crippen LogP contribution is 2.24. The van der Waals surface area contributed by atoms with Gasteiger partial charge in [-0.25, -0.2) is 4.98 Å². The molecule has 0 atom stereocenters. The van der Waals surface area contributed by atoms with Crippen molar-refractivity contribution >= 4 is 11.9 Å². The highest BCUT2D eigenvalue weighted by molar-refractivity contribution is 5.90. The Bertz CT molecular complexity index is 909. The smallest absolute Gasteiger partial charge is 0.264 e. The van der Waals surface area contributed by atoms with E-state index in [1.165, 1.54) is 5.56 Å². The highest BCUT2D eigenvalue weighted by atomic mass is 16.5.